The summed E-state index contributed by atoms with van der Waals surface area (Å²) in [5, 5.41) is 2.84. The number of anilines is 1. The van der Waals surface area contributed by atoms with Gasteiger partial charge in [-0.1, -0.05) is 38.1 Å². The molecule has 1 atom stereocenters. The highest BCUT2D eigenvalue weighted by Gasteiger charge is 2.20. The summed E-state index contributed by atoms with van der Waals surface area (Å²) in [6.07, 6.45) is -0.920. The summed E-state index contributed by atoms with van der Waals surface area (Å²) >= 11 is 0. The van der Waals surface area contributed by atoms with Gasteiger partial charge < -0.3 is 14.8 Å². The number of benzene rings is 2. The van der Waals surface area contributed by atoms with Crippen molar-refractivity contribution in [2.45, 2.75) is 40.7 Å². The van der Waals surface area contributed by atoms with Crippen molar-refractivity contribution >= 4 is 17.6 Å². The Bertz CT molecular complexity index is 793. The molecule has 27 heavy (non-hydrogen) atoms. The number of ether oxygens (including phenoxy) is 2. The van der Waals surface area contributed by atoms with Crippen LogP contribution in [0.5, 0.6) is 5.75 Å². The second-order valence-corrected chi connectivity index (χ2v) is 7.04. The van der Waals surface area contributed by atoms with E-state index >= 15 is 0 Å². The van der Waals surface area contributed by atoms with E-state index in [1.807, 2.05) is 32.0 Å². The maximum absolute atomic E-state index is 12.4. The van der Waals surface area contributed by atoms with Crippen LogP contribution in [0.1, 0.15) is 42.3 Å². The van der Waals surface area contributed by atoms with Gasteiger partial charge in [0.15, 0.2) is 6.10 Å². The Labute approximate surface area is 160 Å². The number of carbonyl (C=O) groups excluding carboxylic acids is 2. The lowest BCUT2D eigenvalue weighted by Crippen LogP contribution is -2.30. The topological polar surface area (TPSA) is 64.6 Å². The minimum absolute atomic E-state index is 0.350. The lowest BCUT2D eigenvalue weighted by molar-refractivity contribution is -0.123. The van der Waals surface area contributed by atoms with Gasteiger partial charge in [0.2, 0.25) is 0 Å². The van der Waals surface area contributed by atoms with Crippen molar-refractivity contribution in [3.8, 4) is 5.75 Å². The molecule has 2 rings (SSSR count). The van der Waals surface area contributed by atoms with E-state index in [4.69, 9.17) is 9.47 Å². The van der Waals surface area contributed by atoms with Crippen LogP contribution in [0, 0.1) is 19.8 Å². The van der Waals surface area contributed by atoms with Crippen LogP contribution in [0.4, 0.5) is 5.69 Å². The Kier molecular flexibility index (Phi) is 6.99. The van der Waals surface area contributed by atoms with Crippen LogP contribution in [0.15, 0.2) is 42.5 Å². The molecule has 2 aromatic carbocycles. The fourth-order valence-electron chi connectivity index (χ4n) is 2.49. The molecule has 1 N–H and O–H groups in total. The molecule has 0 aliphatic heterocycles. The third-order valence-electron chi connectivity index (χ3n) is 4.04. The van der Waals surface area contributed by atoms with Crippen molar-refractivity contribution in [1.82, 2.24) is 0 Å². The van der Waals surface area contributed by atoms with Crippen molar-refractivity contribution in [3.63, 3.8) is 0 Å². The molecule has 2 aromatic rings. The SMILES string of the molecule is Cc1cccc(C)c1NC(=O)[C@@H](C)OC(=O)c1cccc(OCC(C)C)c1. The van der Waals surface area contributed by atoms with Crippen LogP contribution in [-0.2, 0) is 9.53 Å². The Morgan fingerprint density at radius 3 is 2.26 bits per heavy atom. The highest BCUT2D eigenvalue weighted by atomic mass is 16.5. The molecular weight excluding hydrogens is 342 g/mol. The second-order valence-electron chi connectivity index (χ2n) is 7.04. The molecule has 1 amide bonds. The molecule has 0 bridgehead atoms. The van der Waals surface area contributed by atoms with E-state index in [0.717, 1.165) is 16.8 Å². The predicted molar refractivity (Wildman–Crippen MR) is 106 cm³/mol. The Balaban J connectivity index is 2.00. The molecule has 0 saturated carbocycles. The highest BCUT2D eigenvalue weighted by Crippen LogP contribution is 2.20. The van der Waals surface area contributed by atoms with E-state index in [1.54, 1.807) is 31.2 Å². The lowest BCUT2D eigenvalue weighted by atomic mass is 10.1. The second kappa shape index (κ2) is 9.21. The van der Waals surface area contributed by atoms with E-state index < -0.39 is 12.1 Å². The lowest BCUT2D eigenvalue weighted by Gasteiger charge is -2.16. The molecule has 5 heteroatoms. The molecule has 0 spiro atoms. The zero-order valence-corrected chi connectivity index (χ0v) is 16.5. The number of rotatable bonds is 7. The van der Waals surface area contributed by atoms with Gasteiger partial charge in [0.05, 0.1) is 12.2 Å². The van der Waals surface area contributed by atoms with Gasteiger partial charge >= 0.3 is 5.97 Å². The third-order valence-corrected chi connectivity index (χ3v) is 4.04. The van der Waals surface area contributed by atoms with Crippen LogP contribution >= 0.6 is 0 Å². The Morgan fingerprint density at radius 1 is 1.00 bits per heavy atom. The van der Waals surface area contributed by atoms with Gasteiger partial charge in [0, 0.05) is 5.69 Å². The van der Waals surface area contributed by atoms with E-state index in [9.17, 15) is 9.59 Å². The molecule has 5 nitrogen and oxygen atoms in total. The number of esters is 1. The van der Waals surface area contributed by atoms with Crippen molar-refractivity contribution in [2.24, 2.45) is 5.92 Å². The fraction of sp³-hybridized carbons (Fsp3) is 0.364. The number of hydrogen-bond acceptors (Lipinski definition) is 4. The van der Waals surface area contributed by atoms with Crippen LogP contribution in [0.3, 0.4) is 0 Å². The first kappa shape index (κ1) is 20.5. The number of aryl methyl sites for hydroxylation is 2. The van der Waals surface area contributed by atoms with Gasteiger partial charge in [0.1, 0.15) is 5.75 Å². The van der Waals surface area contributed by atoms with Crippen molar-refractivity contribution < 1.29 is 19.1 Å². The molecule has 0 fully saturated rings. The van der Waals surface area contributed by atoms with Gasteiger partial charge in [0.25, 0.3) is 5.91 Å². The predicted octanol–water partition coefficient (Wildman–Crippen LogP) is 4.52. The van der Waals surface area contributed by atoms with Crippen molar-refractivity contribution in [2.75, 3.05) is 11.9 Å². The van der Waals surface area contributed by atoms with E-state index in [1.165, 1.54) is 0 Å². The number of para-hydroxylation sites is 1. The minimum atomic E-state index is -0.920. The van der Waals surface area contributed by atoms with Gasteiger partial charge in [-0.15, -0.1) is 0 Å². The Morgan fingerprint density at radius 2 is 1.63 bits per heavy atom. The third kappa shape index (κ3) is 5.84. The fourth-order valence-corrected chi connectivity index (χ4v) is 2.49. The summed E-state index contributed by atoms with van der Waals surface area (Å²) in [5.41, 5.74) is 3.01. The number of nitrogens with one attached hydrogen (secondary N) is 1. The zero-order valence-electron chi connectivity index (χ0n) is 16.5. The van der Waals surface area contributed by atoms with Gasteiger partial charge in [-0.25, -0.2) is 4.79 Å². The monoisotopic (exact) mass is 369 g/mol. The average Bonchev–Trinajstić information content (AvgIpc) is 2.63. The first-order chi connectivity index (χ1) is 12.8. The molecule has 0 unspecified atom stereocenters. The molecule has 144 valence electrons. The first-order valence-corrected chi connectivity index (χ1v) is 9.09. The summed E-state index contributed by atoms with van der Waals surface area (Å²) in [4.78, 5) is 24.8. The average molecular weight is 369 g/mol. The summed E-state index contributed by atoms with van der Waals surface area (Å²) in [5.74, 6) is 0.0575. The minimum Gasteiger partial charge on any atom is -0.493 e. The van der Waals surface area contributed by atoms with Gasteiger partial charge in [-0.2, -0.15) is 0 Å². The molecule has 0 heterocycles. The quantitative estimate of drug-likeness (QED) is 0.729. The summed E-state index contributed by atoms with van der Waals surface area (Å²) in [6, 6.07) is 12.5. The maximum Gasteiger partial charge on any atom is 0.339 e. The summed E-state index contributed by atoms with van der Waals surface area (Å²) in [7, 11) is 0. The molecule has 0 saturated heterocycles. The van der Waals surface area contributed by atoms with Crippen LogP contribution < -0.4 is 10.1 Å². The summed E-state index contributed by atoms with van der Waals surface area (Å²) < 4.78 is 11.0. The van der Waals surface area contributed by atoms with Crippen LogP contribution in [0.25, 0.3) is 0 Å². The van der Waals surface area contributed by atoms with E-state index in [2.05, 4.69) is 19.2 Å². The normalized spacial score (nSPS) is 11.8. The maximum atomic E-state index is 12.4. The number of carbonyl (C=O) groups is 2. The standard InChI is InChI=1S/C22H27NO4/c1-14(2)13-26-19-11-7-10-18(12-19)22(25)27-17(5)21(24)23-20-15(3)8-6-9-16(20)4/h6-12,14,17H,13H2,1-5H3,(H,23,24)/t17-/m1/s1. The number of hydrogen-bond donors (Lipinski definition) is 1. The molecule has 0 aliphatic rings. The summed E-state index contributed by atoms with van der Waals surface area (Å²) in [6.45, 7) is 10.1. The highest BCUT2D eigenvalue weighted by molar-refractivity contribution is 5.98. The van der Waals surface area contributed by atoms with Crippen molar-refractivity contribution in [1.29, 1.82) is 0 Å². The molecule has 0 aromatic heterocycles. The molecular formula is C22H27NO4. The first-order valence-electron chi connectivity index (χ1n) is 9.09. The van der Waals surface area contributed by atoms with Gasteiger partial charge in [-0.3, -0.25) is 4.79 Å². The van der Waals surface area contributed by atoms with Crippen molar-refractivity contribution in [3.05, 3.63) is 59.2 Å². The van der Waals surface area contributed by atoms with E-state index in [0.29, 0.717) is 23.8 Å². The molecule has 0 aliphatic carbocycles. The Hall–Kier alpha value is -2.82. The smallest absolute Gasteiger partial charge is 0.339 e. The van der Waals surface area contributed by atoms with Gasteiger partial charge in [-0.05, 0) is 56.0 Å². The molecule has 0 radical (unpaired) electrons. The largest absolute Gasteiger partial charge is 0.493 e. The number of amides is 1. The zero-order chi connectivity index (χ0) is 20.0. The van der Waals surface area contributed by atoms with Crippen LogP contribution in [0.2, 0.25) is 0 Å². The van der Waals surface area contributed by atoms with E-state index in [-0.39, 0.29) is 5.91 Å². The van der Waals surface area contributed by atoms with Crippen LogP contribution in [-0.4, -0.2) is 24.6 Å².